The van der Waals surface area contributed by atoms with E-state index in [0.29, 0.717) is 11.8 Å². The predicted octanol–water partition coefficient (Wildman–Crippen LogP) is 21.7. The normalized spacial score (nSPS) is 12.6. The van der Waals surface area contributed by atoms with Crippen molar-refractivity contribution in [2.75, 3.05) is 0 Å². The number of fused-ring (bicyclic) bond motifs is 27. The van der Waals surface area contributed by atoms with E-state index >= 15 is 0 Å². The van der Waals surface area contributed by atoms with Gasteiger partial charge >= 0.3 is 0 Å². The second kappa shape index (κ2) is 17.9. The summed E-state index contributed by atoms with van der Waals surface area (Å²) in [6.45, 7) is 0. The molecule has 0 aliphatic carbocycles. The fourth-order valence-electron chi connectivity index (χ4n) is 17.1. The molecule has 436 valence electrons. The summed E-state index contributed by atoms with van der Waals surface area (Å²) in [5.41, 5.74) is 18.6. The summed E-state index contributed by atoms with van der Waals surface area (Å²) in [7, 11) is 0. The van der Waals surface area contributed by atoms with E-state index in [-0.39, 0.29) is 0 Å². The van der Waals surface area contributed by atoms with E-state index < -0.39 is 0 Å². The van der Waals surface area contributed by atoms with Crippen molar-refractivity contribution in [1.82, 2.24) is 42.4 Å². The Morgan fingerprint density at radius 2 is 0.632 bits per heavy atom. The average molecular weight is 1210 g/mol. The van der Waals surface area contributed by atoms with Crippen LogP contribution in [0, 0.1) is 0 Å². The van der Waals surface area contributed by atoms with Gasteiger partial charge in [0.05, 0.1) is 77.2 Å². The number of benzene rings is 14. The fraction of sp³-hybridized carbons (Fsp3) is 0. The molecule has 9 heteroatoms. The van der Waals surface area contributed by atoms with Gasteiger partial charge in [-0.3, -0.25) is 13.7 Å². The van der Waals surface area contributed by atoms with Crippen molar-refractivity contribution in [3.05, 3.63) is 285 Å². The van der Waals surface area contributed by atoms with Gasteiger partial charge in [0.25, 0.3) is 0 Å². The lowest BCUT2D eigenvalue weighted by Crippen LogP contribution is -2.07. The lowest BCUT2D eigenvalue weighted by molar-refractivity contribution is 0.974. The minimum absolute atomic E-state index is 0.622. The van der Waals surface area contributed by atoms with Gasteiger partial charge in [0.15, 0.2) is 11.6 Å². The molecular weight excluding hydrogens is 1160 g/mol. The van der Waals surface area contributed by atoms with Gasteiger partial charge < -0.3 is 8.80 Å². The van der Waals surface area contributed by atoms with Crippen molar-refractivity contribution < 1.29 is 0 Å². The molecule has 23 aromatic rings. The quantitative estimate of drug-likeness (QED) is 0.172. The Morgan fingerprint density at radius 1 is 0.211 bits per heavy atom. The van der Waals surface area contributed by atoms with Crippen LogP contribution < -0.4 is 0 Å². The van der Waals surface area contributed by atoms with Crippen LogP contribution in [0.1, 0.15) is 0 Å². The highest BCUT2D eigenvalue weighted by molar-refractivity contribution is 6.36. The highest BCUT2D eigenvalue weighted by atomic mass is 15.2. The SMILES string of the molecule is c1cc(-c2ccc3c(c2)c2cc4c5ccccc5n(-c5nc(-n6c7ccccc7c7c8ccccc8ccc76)nc6ccccc56)c4c4c5ccccc5n3c24)cc(-c2nc(-n3c4ccccc4c4cc5c6ccccc6n6c7ccccc7c(c43)c56)c3ccccc3n2)c1. The lowest BCUT2D eigenvalue weighted by Gasteiger charge is -2.14. The largest absolute Gasteiger partial charge is 0.308 e. The Balaban J connectivity index is 0.733. The Morgan fingerprint density at radius 3 is 1.25 bits per heavy atom. The number of hydrogen-bond acceptors (Lipinski definition) is 4. The molecule has 0 radical (unpaired) electrons. The predicted molar refractivity (Wildman–Crippen MR) is 393 cm³/mol. The first-order valence-corrected chi connectivity index (χ1v) is 32.5. The van der Waals surface area contributed by atoms with E-state index in [1.807, 2.05) is 0 Å². The summed E-state index contributed by atoms with van der Waals surface area (Å²) < 4.78 is 12.1. The molecule has 95 heavy (non-hydrogen) atoms. The smallest absolute Gasteiger partial charge is 0.237 e. The molecule has 0 aliphatic heterocycles. The van der Waals surface area contributed by atoms with E-state index in [4.69, 9.17) is 19.9 Å². The van der Waals surface area contributed by atoms with Crippen LogP contribution in [0.3, 0.4) is 0 Å². The van der Waals surface area contributed by atoms with E-state index in [0.717, 1.165) is 105 Å². The van der Waals surface area contributed by atoms with E-state index in [9.17, 15) is 0 Å². The zero-order valence-corrected chi connectivity index (χ0v) is 50.7. The second-order valence-corrected chi connectivity index (χ2v) is 25.6. The number of hydrogen-bond donors (Lipinski definition) is 0. The molecule has 0 saturated carbocycles. The maximum absolute atomic E-state index is 5.80. The molecule has 9 aromatic heterocycles. The maximum Gasteiger partial charge on any atom is 0.237 e. The molecule has 0 bridgehead atoms. The lowest BCUT2D eigenvalue weighted by atomic mass is 9.99. The monoisotopic (exact) mass is 1210 g/mol. The van der Waals surface area contributed by atoms with Crippen LogP contribution in [0.2, 0.25) is 0 Å². The molecule has 0 fully saturated rings. The van der Waals surface area contributed by atoms with Gasteiger partial charge in [-0.25, -0.2) is 15.0 Å². The molecule has 0 unspecified atom stereocenters. The minimum Gasteiger partial charge on any atom is -0.308 e. The van der Waals surface area contributed by atoms with E-state index in [1.54, 1.807) is 0 Å². The van der Waals surface area contributed by atoms with Crippen molar-refractivity contribution in [2.45, 2.75) is 0 Å². The number of rotatable bonds is 5. The number of para-hydroxylation sites is 8. The van der Waals surface area contributed by atoms with Crippen molar-refractivity contribution in [3.63, 3.8) is 0 Å². The molecule has 9 nitrogen and oxygen atoms in total. The summed E-state index contributed by atoms with van der Waals surface area (Å²) in [5.74, 6) is 2.97. The van der Waals surface area contributed by atoms with Crippen LogP contribution in [-0.2, 0) is 0 Å². The summed E-state index contributed by atoms with van der Waals surface area (Å²) >= 11 is 0. The summed E-state index contributed by atoms with van der Waals surface area (Å²) in [5, 5.41) is 21.1. The minimum atomic E-state index is 0.622. The van der Waals surface area contributed by atoms with Crippen LogP contribution >= 0.6 is 0 Å². The Labute approximate surface area is 538 Å². The van der Waals surface area contributed by atoms with E-state index in [2.05, 4.69) is 308 Å². The third-order valence-electron chi connectivity index (χ3n) is 20.9. The molecule has 0 atom stereocenters. The van der Waals surface area contributed by atoms with Gasteiger partial charge in [-0.15, -0.1) is 0 Å². The molecule has 0 N–H and O–H groups in total. The summed E-state index contributed by atoms with van der Waals surface area (Å²) in [4.78, 5) is 22.4. The fourth-order valence-corrected chi connectivity index (χ4v) is 17.1. The van der Waals surface area contributed by atoms with Gasteiger partial charge in [0, 0.05) is 91.7 Å². The van der Waals surface area contributed by atoms with Crippen LogP contribution in [-0.4, -0.2) is 42.4 Å². The number of aromatic nitrogens is 9. The Hall–Kier alpha value is -13.0. The third-order valence-corrected chi connectivity index (χ3v) is 20.9. The molecule has 23 rings (SSSR count). The average Bonchev–Trinajstić information content (AvgIpc) is 1.52. The Kier molecular flexibility index (Phi) is 9.40. The molecule has 0 saturated heterocycles. The zero-order chi connectivity index (χ0) is 61.5. The first kappa shape index (κ1) is 49.8. The first-order chi connectivity index (χ1) is 47.2. The number of nitrogens with zero attached hydrogens (tertiary/aromatic N) is 9. The van der Waals surface area contributed by atoms with Gasteiger partial charge in [0.2, 0.25) is 5.95 Å². The second-order valence-electron chi connectivity index (χ2n) is 25.6. The maximum atomic E-state index is 5.80. The zero-order valence-electron chi connectivity index (χ0n) is 50.7. The van der Waals surface area contributed by atoms with Crippen LogP contribution in [0.5, 0.6) is 0 Å². The van der Waals surface area contributed by atoms with Crippen LogP contribution in [0.4, 0.5) is 0 Å². The summed E-state index contributed by atoms with van der Waals surface area (Å²) in [6.07, 6.45) is 0. The van der Waals surface area contributed by atoms with Crippen LogP contribution in [0.15, 0.2) is 285 Å². The molecule has 9 heterocycles. The van der Waals surface area contributed by atoms with Crippen molar-refractivity contribution in [3.8, 4) is 40.1 Å². The molecule has 0 amide bonds. The molecular formula is C86H47N9. The van der Waals surface area contributed by atoms with E-state index in [1.165, 1.54) is 97.5 Å². The molecule has 0 aliphatic rings. The van der Waals surface area contributed by atoms with Gasteiger partial charge in [-0.2, -0.15) is 4.98 Å². The topological polar surface area (TPSA) is 75.2 Å². The van der Waals surface area contributed by atoms with Crippen molar-refractivity contribution >= 4 is 174 Å². The van der Waals surface area contributed by atoms with Gasteiger partial charge in [-0.1, -0.05) is 188 Å². The van der Waals surface area contributed by atoms with Crippen molar-refractivity contribution in [2.24, 2.45) is 0 Å². The van der Waals surface area contributed by atoms with Crippen LogP contribution in [0.25, 0.3) is 214 Å². The Bertz CT molecular complexity index is 7360. The first-order valence-electron chi connectivity index (χ1n) is 32.5. The highest BCUT2D eigenvalue weighted by Gasteiger charge is 2.29. The van der Waals surface area contributed by atoms with Gasteiger partial charge in [-0.05, 0) is 119 Å². The molecule has 0 spiro atoms. The highest BCUT2D eigenvalue weighted by Crippen LogP contribution is 2.50. The van der Waals surface area contributed by atoms with Gasteiger partial charge in [0.1, 0.15) is 5.82 Å². The molecule has 14 aromatic carbocycles. The third kappa shape index (κ3) is 6.36. The summed E-state index contributed by atoms with van der Waals surface area (Å²) in [6, 6.07) is 104. The standard InChI is InChI=1S/C86H47N9/c1-2-23-52-48(20-1)40-43-75-76(52)58-29-8-18-39-73(58)93(75)86-88-67-33-12-4-28-57(67)85(90-86)95-70-36-15-7-26-55(70)64-47-65-61-45-50(41-42-74(61)92-72-38-17-10-31-60(72)78(80(65)92)82(64)95)49-21-19-22-51(44-49)83-87-66-32-11-3-27-56(66)84(89-83)94-69-35-14-6-25-54(69)63-46-62-53-24-5-13-34-68(53)91-71-37-16-9-30-59(71)77(79(62)91)81(63)94/h1-47H. The van der Waals surface area contributed by atoms with Crippen molar-refractivity contribution in [1.29, 1.82) is 0 Å².